The van der Waals surface area contributed by atoms with E-state index in [9.17, 15) is 19.2 Å². The molecule has 1 fully saturated rings. The standard InChI is InChI=1S/C15H20N4O4/c1-11(20)18-7-9-19(10-8-18)13(21)4-6-17-15(23)12-3-2-5-16-14(12)22/h2-3,5H,4,6-10H2,1H3,(H,16,22)(H,17,23). The van der Waals surface area contributed by atoms with Gasteiger partial charge in [-0.3, -0.25) is 19.2 Å². The number of rotatable bonds is 4. The highest BCUT2D eigenvalue weighted by atomic mass is 16.2. The molecule has 3 amide bonds. The van der Waals surface area contributed by atoms with Gasteiger partial charge in [-0.1, -0.05) is 0 Å². The van der Waals surface area contributed by atoms with Crippen LogP contribution >= 0.6 is 0 Å². The number of nitrogens with zero attached hydrogens (tertiary/aromatic N) is 2. The van der Waals surface area contributed by atoms with Gasteiger partial charge in [-0.15, -0.1) is 0 Å². The smallest absolute Gasteiger partial charge is 0.260 e. The van der Waals surface area contributed by atoms with Crippen molar-refractivity contribution in [3.63, 3.8) is 0 Å². The molecule has 2 N–H and O–H groups in total. The van der Waals surface area contributed by atoms with Crippen LogP contribution in [0.1, 0.15) is 23.7 Å². The summed E-state index contributed by atoms with van der Waals surface area (Å²) in [4.78, 5) is 52.4. The van der Waals surface area contributed by atoms with Crippen LogP contribution in [0.5, 0.6) is 0 Å². The van der Waals surface area contributed by atoms with Gasteiger partial charge in [0.15, 0.2) is 0 Å². The first-order chi connectivity index (χ1) is 11.0. The van der Waals surface area contributed by atoms with Gasteiger partial charge in [0, 0.05) is 52.3 Å². The number of amides is 3. The lowest BCUT2D eigenvalue weighted by atomic mass is 10.2. The summed E-state index contributed by atoms with van der Waals surface area (Å²) in [6.45, 7) is 3.76. The maximum absolute atomic E-state index is 12.1. The van der Waals surface area contributed by atoms with Gasteiger partial charge in [0.1, 0.15) is 5.56 Å². The normalized spacial score (nSPS) is 14.5. The number of carbonyl (C=O) groups is 3. The molecule has 124 valence electrons. The van der Waals surface area contributed by atoms with Crippen LogP contribution in [0.4, 0.5) is 0 Å². The fourth-order valence-corrected chi connectivity index (χ4v) is 2.41. The van der Waals surface area contributed by atoms with E-state index in [4.69, 9.17) is 0 Å². The molecule has 2 heterocycles. The van der Waals surface area contributed by atoms with Crippen LogP contribution in [-0.4, -0.2) is 65.2 Å². The van der Waals surface area contributed by atoms with E-state index in [0.717, 1.165) is 0 Å². The van der Waals surface area contributed by atoms with Gasteiger partial charge in [0.2, 0.25) is 11.8 Å². The van der Waals surface area contributed by atoms with E-state index < -0.39 is 11.5 Å². The van der Waals surface area contributed by atoms with Crippen LogP contribution in [-0.2, 0) is 9.59 Å². The van der Waals surface area contributed by atoms with E-state index in [-0.39, 0.29) is 30.3 Å². The van der Waals surface area contributed by atoms with Crippen LogP contribution in [0.15, 0.2) is 23.1 Å². The van der Waals surface area contributed by atoms with Crippen LogP contribution in [0.2, 0.25) is 0 Å². The van der Waals surface area contributed by atoms with E-state index in [1.165, 1.54) is 19.2 Å². The number of hydrogen-bond acceptors (Lipinski definition) is 4. The molecular weight excluding hydrogens is 300 g/mol. The predicted molar refractivity (Wildman–Crippen MR) is 82.8 cm³/mol. The Labute approximate surface area is 133 Å². The summed E-state index contributed by atoms with van der Waals surface area (Å²) in [6, 6.07) is 2.99. The Balaban J connectivity index is 1.75. The quantitative estimate of drug-likeness (QED) is 0.757. The van der Waals surface area contributed by atoms with Crippen molar-refractivity contribution in [2.24, 2.45) is 0 Å². The van der Waals surface area contributed by atoms with Crippen LogP contribution in [0.3, 0.4) is 0 Å². The molecule has 8 nitrogen and oxygen atoms in total. The fraction of sp³-hybridized carbons (Fsp3) is 0.467. The first-order valence-corrected chi connectivity index (χ1v) is 7.48. The van der Waals surface area contributed by atoms with Crippen LogP contribution < -0.4 is 10.9 Å². The Morgan fingerprint density at radius 2 is 1.83 bits per heavy atom. The summed E-state index contributed by atoms with van der Waals surface area (Å²) < 4.78 is 0. The van der Waals surface area contributed by atoms with Gasteiger partial charge in [-0.25, -0.2) is 0 Å². The number of hydrogen-bond donors (Lipinski definition) is 2. The van der Waals surface area contributed by atoms with E-state index in [2.05, 4.69) is 10.3 Å². The lowest BCUT2D eigenvalue weighted by Gasteiger charge is -2.34. The monoisotopic (exact) mass is 320 g/mol. The molecular formula is C15H20N4O4. The average Bonchev–Trinajstić information content (AvgIpc) is 2.55. The molecule has 0 bridgehead atoms. The Bertz CT molecular complexity index is 647. The topological polar surface area (TPSA) is 103 Å². The molecule has 2 rings (SSSR count). The van der Waals surface area contributed by atoms with Crippen LogP contribution in [0.25, 0.3) is 0 Å². The molecule has 0 radical (unpaired) electrons. The third kappa shape index (κ3) is 4.41. The number of aromatic nitrogens is 1. The minimum absolute atomic E-state index is 0.0115. The van der Waals surface area contributed by atoms with E-state index in [1.807, 2.05) is 0 Å². The summed E-state index contributed by atoms with van der Waals surface area (Å²) in [7, 11) is 0. The lowest BCUT2D eigenvalue weighted by Crippen LogP contribution is -2.50. The number of nitrogens with one attached hydrogen (secondary N) is 2. The molecule has 0 spiro atoms. The second-order valence-electron chi connectivity index (χ2n) is 5.31. The van der Waals surface area contributed by atoms with Crippen molar-refractivity contribution < 1.29 is 14.4 Å². The Hall–Kier alpha value is -2.64. The highest BCUT2D eigenvalue weighted by Crippen LogP contribution is 2.04. The zero-order valence-electron chi connectivity index (χ0n) is 13.0. The largest absolute Gasteiger partial charge is 0.351 e. The summed E-state index contributed by atoms with van der Waals surface area (Å²) >= 11 is 0. The summed E-state index contributed by atoms with van der Waals surface area (Å²) in [5.41, 5.74) is -0.438. The molecule has 1 aliphatic heterocycles. The number of carbonyl (C=O) groups excluding carboxylic acids is 3. The molecule has 0 atom stereocenters. The Kier molecular flexibility index (Phi) is 5.51. The molecule has 1 aliphatic rings. The molecule has 0 aromatic carbocycles. The highest BCUT2D eigenvalue weighted by molar-refractivity contribution is 5.94. The minimum Gasteiger partial charge on any atom is -0.351 e. The second kappa shape index (κ2) is 7.57. The van der Waals surface area contributed by atoms with Crippen molar-refractivity contribution in [1.29, 1.82) is 0 Å². The fourth-order valence-electron chi connectivity index (χ4n) is 2.41. The third-order valence-corrected chi connectivity index (χ3v) is 3.76. The van der Waals surface area contributed by atoms with Crippen molar-refractivity contribution in [3.8, 4) is 0 Å². The molecule has 0 unspecified atom stereocenters. The number of aromatic amines is 1. The molecule has 1 aromatic rings. The first-order valence-electron chi connectivity index (χ1n) is 7.48. The van der Waals surface area contributed by atoms with Gasteiger partial charge in [0.05, 0.1) is 0 Å². The maximum atomic E-state index is 12.1. The number of pyridine rings is 1. The van der Waals surface area contributed by atoms with E-state index in [0.29, 0.717) is 26.2 Å². The van der Waals surface area contributed by atoms with Gasteiger partial charge < -0.3 is 20.1 Å². The SMILES string of the molecule is CC(=O)N1CCN(C(=O)CCNC(=O)c2ccc[nH]c2=O)CC1. The molecule has 0 saturated carbocycles. The van der Waals surface area contributed by atoms with Crippen molar-refractivity contribution in [2.75, 3.05) is 32.7 Å². The maximum Gasteiger partial charge on any atom is 0.260 e. The summed E-state index contributed by atoms with van der Waals surface area (Å²) in [6.07, 6.45) is 1.61. The zero-order chi connectivity index (χ0) is 16.8. The Morgan fingerprint density at radius 1 is 1.17 bits per heavy atom. The van der Waals surface area contributed by atoms with Crippen molar-refractivity contribution in [2.45, 2.75) is 13.3 Å². The summed E-state index contributed by atoms with van der Waals surface area (Å²) in [5, 5.41) is 2.57. The van der Waals surface area contributed by atoms with Crippen molar-refractivity contribution >= 4 is 17.7 Å². The first kappa shape index (κ1) is 16.7. The van der Waals surface area contributed by atoms with Gasteiger partial charge in [0.25, 0.3) is 11.5 Å². The molecule has 1 aromatic heterocycles. The molecule has 1 saturated heterocycles. The van der Waals surface area contributed by atoms with Crippen molar-refractivity contribution in [1.82, 2.24) is 20.1 Å². The second-order valence-corrected chi connectivity index (χ2v) is 5.31. The highest BCUT2D eigenvalue weighted by Gasteiger charge is 2.22. The van der Waals surface area contributed by atoms with Gasteiger partial charge in [-0.2, -0.15) is 0 Å². The predicted octanol–water partition coefficient (Wildman–Crippen LogP) is -0.814. The van der Waals surface area contributed by atoms with E-state index >= 15 is 0 Å². The molecule has 0 aliphatic carbocycles. The minimum atomic E-state index is -0.499. The van der Waals surface area contributed by atoms with Gasteiger partial charge >= 0.3 is 0 Å². The summed E-state index contributed by atoms with van der Waals surface area (Å²) in [5.74, 6) is -0.561. The molecule has 8 heteroatoms. The number of piperazine rings is 1. The Morgan fingerprint density at radius 3 is 2.43 bits per heavy atom. The zero-order valence-corrected chi connectivity index (χ0v) is 13.0. The lowest BCUT2D eigenvalue weighted by molar-refractivity contribution is -0.138. The molecule has 23 heavy (non-hydrogen) atoms. The van der Waals surface area contributed by atoms with E-state index in [1.54, 1.807) is 15.9 Å². The van der Waals surface area contributed by atoms with Crippen molar-refractivity contribution in [3.05, 3.63) is 34.2 Å². The number of H-pyrrole nitrogens is 1. The van der Waals surface area contributed by atoms with Crippen LogP contribution in [0, 0.1) is 0 Å². The average molecular weight is 320 g/mol. The third-order valence-electron chi connectivity index (χ3n) is 3.76. The van der Waals surface area contributed by atoms with Gasteiger partial charge in [-0.05, 0) is 12.1 Å².